The molecule has 1 aromatic carbocycles. The molecule has 0 spiro atoms. The summed E-state index contributed by atoms with van der Waals surface area (Å²) >= 11 is 0. The van der Waals surface area contributed by atoms with Crippen LogP contribution < -0.4 is 14.8 Å². The monoisotopic (exact) mass is 319 g/mol. The zero-order valence-corrected chi connectivity index (χ0v) is 14.1. The molecule has 0 aliphatic rings. The number of benzene rings is 1. The molecule has 1 rings (SSSR count). The van der Waals surface area contributed by atoms with Gasteiger partial charge in [0.2, 0.25) is 5.91 Å². The highest BCUT2D eigenvalue weighted by atomic mass is 16.5. The van der Waals surface area contributed by atoms with Gasteiger partial charge in [-0.3, -0.25) is 4.79 Å². The SMILES string of the molecule is CCOc1cc(CNC(=O)CC#N)ccc1OCCCN(C)C. The van der Waals surface area contributed by atoms with E-state index in [1.165, 1.54) is 0 Å². The van der Waals surface area contributed by atoms with E-state index in [0.29, 0.717) is 31.3 Å². The minimum atomic E-state index is -0.283. The zero-order valence-electron chi connectivity index (χ0n) is 14.1. The van der Waals surface area contributed by atoms with Gasteiger partial charge in [0.05, 0.1) is 19.3 Å². The fourth-order valence-electron chi connectivity index (χ4n) is 1.95. The number of rotatable bonds is 10. The van der Waals surface area contributed by atoms with Gasteiger partial charge in [0.15, 0.2) is 11.5 Å². The van der Waals surface area contributed by atoms with Gasteiger partial charge in [-0.2, -0.15) is 5.26 Å². The van der Waals surface area contributed by atoms with Crippen LogP contribution in [0.25, 0.3) is 0 Å². The van der Waals surface area contributed by atoms with Crippen LogP contribution >= 0.6 is 0 Å². The Kier molecular flexibility index (Phi) is 8.55. The van der Waals surface area contributed by atoms with Crippen molar-refractivity contribution in [2.24, 2.45) is 0 Å². The molecule has 6 nitrogen and oxygen atoms in total. The topological polar surface area (TPSA) is 74.6 Å². The third-order valence-electron chi connectivity index (χ3n) is 3.04. The summed E-state index contributed by atoms with van der Waals surface area (Å²) in [4.78, 5) is 13.4. The summed E-state index contributed by atoms with van der Waals surface area (Å²) in [6.45, 7) is 4.40. The summed E-state index contributed by atoms with van der Waals surface area (Å²) in [6.07, 6.45) is 0.802. The van der Waals surface area contributed by atoms with Crippen LogP contribution in [-0.2, 0) is 11.3 Å². The lowest BCUT2D eigenvalue weighted by molar-refractivity contribution is -0.120. The van der Waals surface area contributed by atoms with E-state index in [4.69, 9.17) is 14.7 Å². The molecule has 126 valence electrons. The number of nitrogens with zero attached hydrogens (tertiary/aromatic N) is 2. The van der Waals surface area contributed by atoms with Gasteiger partial charge < -0.3 is 19.7 Å². The minimum absolute atomic E-state index is 0.134. The Morgan fingerprint density at radius 3 is 2.74 bits per heavy atom. The van der Waals surface area contributed by atoms with E-state index in [1.807, 2.05) is 45.3 Å². The molecule has 0 bridgehead atoms. The number of carbonyl (C=O) groups is 1. The van der Waals surface area contributed by atoms with Crippen LogP contribution in [0.2, 0.25) is 0 Å². The molecule has 0 aliphatic carbocycles. The fraction of sp³-hybridized carbons (Fsp3) is 0.529. The summed E-state index contributed by atoms with van der Waals surface area (Å²) in [6, 6.07) is 7.42. The highest BCUT2D eigenvalue weighted by molar-refractivity contribution is 5.77. The molecule has 0 heterocycles. The van der Waals surface area contributed by atoms with E-state index in [0.717, 1.165) is 18.5 Å². The lowest BCUT2D eigenvalue weighted by atomic mass is 10.2. The van der Waals surface area contributed by atoms with Gasteiger partial charge in [-0.05, 0) is 45.1 Å². The summed E-state index contributed by atoms with van der Waals surface area (Å²) in [7, 11) is 4.06. The molecule has 0 saturated carbocycles. The van der Waals surface area contributed by atoms with E-state index in [2.05, 4.69) is 10.2 Å². The largest absolute Gasteiger partial charge is 0.490 e. The van der Waals surface area contributed by atoms with Gasteiger partial charge in [-0.15, -0.1) is 0 Å². The smallest absolute Gasteiger partial charge is 0.234 e. The van der Waals surface area contributed by atoms with Crippen molar-refractivity contribution in [3.8, 4) is 17.6 Å². The van der Waals surface area contributed by atoms with Gasteiger partial charge in [0.25, 0.3) is 0 Å². The molecular weight excluding hydrogens is 294 g/mol. The van der Waals surface area contributed by atoms with Crippen LogP contribution in [0.5, 0.6) is 11.5 Å². The molecule has 23 heavy (non-hydrogen) atoms. The molecule has 0 fully saturated rings. The number of ether oxygens (including phenoxy) is 2. The Balaban J connectivity index is 2.62. The molecule has 1 N–H and O–H groups in total. The Morgan fingerprint density at radius 2 is 2.09 bits per heavy atom. The summed E-state index contributed by atoms with van der Waals surface area (Å²) in [5.41, 5.74) is 0.903. The maximum Gasteiger partial charge on any atom is 0.234 e. The Hall–Kier alpha value is -2.26. The molecule has 1 aromatic rings. The van der Waals surface area contributed by atoms with Crippen LogP contribution in [0.3, 0.4) is 0 Å². The van der Waals surface area contributed by atoms with E-state index in [1.54, 1.807) is 0 Å². The molecule has 0 aliphatic heterocycles. The third kappa shape index (κ3) is 7.52. The van der Waals surface area contributed by atoms with Crippen molar-refractivity contribution in [3.05, 3.63) is 23.8 Å². The van der Waals surface area contributed by atoms with E-state index in [-0.39, 0.29) is 12.3 Å². The maximum absolute atomic E-state index is 11.3. The first-order chi connectivity index (χ1) is 11.1. The molecule has 1 amide bonds. The fourth-order valence-corrected chi connectivity index (χ4v) is 1.95. The van der Waals surface area contributed by atoms with Gasteiger partial charge in [0, 0.05) is 13.1 Å². The summed E-state index contributed by atoms with van der Waals surface area (Å²) < 4.78 is 11.4. The van der Waals surface area contributed by atoms with Crippen LogP contribution in [0.15, 0.2) is 18.2 Å². The number of hydrogen-bond donors (Lipinski definition) is 1. The van der Waals surface area contributed by atoms with Crippen LogP contribution in [-0.4, -0.2) is 44.7 Å². The highest BCUT2D eigenvalue weighted by Gasteiger charge is 2.08. The number of hydrogen-bond acceptors (Lipinski definition) is 5. The van der Waals surface area contributed by atoms with E-state index < -0.39 is 0 Å². The number of amides is 1. The van der Waals surface area contributed by atoms with Crippen LogP contribution in [0.4, 0.5) is 0 Å². The third-order valence-corrected chi connectivity index (χ3v) is 3.04. The number of carbonyl (C=O) groups excluding carboxylic acids is 1. The molecule has 0 radical (unpaired) electrons. The predicted molar refractivity (Wildman–Crippen MR) is 88.4 cm³/mol. The molecule has 0 aromatic heterocycles. The maximum atomic E-state index is 11.3. The van der Waals surface area contributed by atoms with Gasteiger partial charge in [-0.1, -0.05) is 6.07 Å². The summed E-state index contributed by atoms with van der Waals surface area (Å²) in [5.74, 6) is 1.09. The second kappa shape index (κ2) is 10.5. The average molecular weight is 319 g/mol. The lowest BCUT2D eigenvalue weighted by Crippen LogP contribution is -2.21. The van der Waals surface area contributed by atoms with Crippen molar-refractivity contribution in [2.75, 3.05) is 33.9 Å². The standard InChI is InChI=1S/C17H25N3O3/c1-4-22-16-12-14(13-19-17(21)8-9-18)6-7-15(16)23-11-5-10-20(2)3/h6-7,12H,4-5,8,10-11,13H2,1-3H3,(H,19,21). The Morgan fingerprint density at radius 1 is 1.30 bits per heavy atom. The second-order valence-electron chi connectivity index (χ2n) is 5.33. The van der Waals surface area contributed by atoms with Crippen molar-refractivity contribution in [1.29, 1.82) is 5.26 Å². The minimum Gasteiger partial charge on any atom is -0.490 e. The van der Waals surface area contributed by atoms with Crippen molar-refractivity contribution in [1.82, 2.24) is 10.2 Å². The van der Waals surface area contributed by atoms with Gasteiger partial charge >= 0.3 is 0 Å². The Labute approximate surface area is 138 Å². The number of nitrogens with one attached hydrogen (secondary N) is 1. The summed E-state index contributed by atoms with van der Waals surface area (Å²) in [5, 5.41) is 11.2. The van der Waals surface area contributed by atoms with Crippen molar-refractivity contribution in [2.45, 2.75) is 26.3 Å². The quantitative estimate of drug-likeness (QED) is 0.667. The molecular formula is C17H25N3O3. The Bertz CT molecular complexity index is 538. The molecule has 6 heteroatoms. The average Bonchev–Trinajstić information content (AvgIpc) is 2.51. The number of nitriles is 1. The highest BCUT2D eigenvalue weighted by Crippen LogP contribution is 2.28. The van der Waals surface area contributed by atoms with Crippen molar-refractivity contribution in [3.63, 3.8) is 0 Å². The van der Waals surface area contributed by atoms with E-state index >= 15 is 0 Å². The van der Waals surface area contributed by atoms with Gasteiger partial charge in [-0.25, -0.2) is 0 Å². The first-order valence-electron chi connectivity index (χ1n) is 7.73. The van der Waals surface area contributed by atoms with Crippen molar-refractivity contribution >= 4 is 5.91 Å². The molecule has 0 atom stereocenters. The van der Waals surface area contributed by atoms with Crippen LogP contribution in [0, 0.1) is 11.3 Å². The van der Waals surface area contributed by atoms with E-state index in [9.17, 15) is 4.79 Å². The van der Waals surface area contributed by atoms with Crippen molar-refractivity contribution < 1.29 is 14.3 Å². The lowest BCUT2D eigenvalue weighted by Gasteiger charge is -2.14. The molecule has 0 unspecified atom stereocenters. The van der Waals surface area contributed by atoms with Crippen LogP contribution in [0.1, 0.15) is 25.3 Å². The second-order valence-corrected chi connectivity index (χ2v) is 5.33. The van der Waals surface area contributed by atoms with Gasteiger partial charge in [0.1, 0.15) is 6.42 Å². The molecule has 0 saturated heterocycles. The predicted octanol–water partition coefficient (Wildman–Crippen LogP) is 1.95. The normalized spacial score (nSPS) is 10.2. The zero-order chi connectivity index (χ0) is 17.1. The first-order valence-corrected chi connectivity index (χ1v) is 7.73. The first kappa shape index (κ1) is 18.8.